The number of piperidine rings is 1. The fourth-order valence-corrected chi connectivity index (χ4v) is 2.87. The molecule has 1 fully saturated rings. The van der Waals surface area contributed by atoms with Crippen LogP contribution in [-0.4, -0.2) is 36.5 Å². The highest BCUT2D eigenvalue weighted by molar-refractivity contribution is 7.98. The van der Waals surface area contributed by atoms with E-state index >= 15 is 0 Å². The molecule has 0 aromatic carbocycles. The molecule has 1 aliphatic heterocycles. The van der Waals surface area contributed by atoms with E-state index in [1.165, 1.54) is 0 Å². The van der Waals surface area contributed by atoms with Gasteiger partial charge in [-0.3, -0.25) is 4.79 Å². The van der Waals surface area contributed by atoms with Crippen molar-refractivity contribution in [3.8, 4) is 0 Å². The normalized spacial score (nSPS) is 27.4. The molecule has 1 aliphatic rings. The lowest BCUT2D eigenvalue weighted by molar-refractivity contribution is -0.126. The first kappa shape index (κ1) is 13.8. The van der Waals surface area contributed by atoms with Gasteiger partial charge < -0.3 is 10.6 Å². The third-order valence-corrected chi connectivity index (χ3v) is 3.94. The van der Waals surface area contributed by atoms with Crippen molar-refractivity contribution in [3.63, 3.8) is 0 Å². The summed E-state index contributed by atoms with van der Waals surface area (Å²) in [6.07, 6.45) is 5.06. The molecule has 3 atom stereocenters. The van der Waals surface area contributed by atoms with Crippen molar-refractivity contribution in [3.05, 3.63) is 0 Å². The summed E-state index contributed by atoms with van der Waals surface area (Å²) in [6, 6.07) is 0.817. The SMILES string of the molecule is CCC(CSC)NC(=O)C1CCNC(C)C1. The van der Waals surface area contributed by atoms with E-state index in [-0.39, 0.29) is 11.8 Å². The molecule has 1 heterocycles. The molecule has 0 saturated carbocycles. The van der Waals surface area contributed by atoms with Crippen LogP contribution < -0.4 is 10.6 Å². The van der Waals surface area contributed by atoms with Crippen LogP contribution >= 0.6 is 11.8 Å². The van der Waals surface area contributed by atoms with Crippen LogP contribution in [0, 0.1) is 5.92 Å². The van der Waals surface area contributed by atoms with E-state index in [0.29, 0.717) is 12.1 Å². The summed E-state index contributed by atoms with van der Waals surface area (Å²) in [6.45, 7) is 5.25. The Hall–Kier alpha value is -0.220. The number of hydrogen-bond acceptors (Lipinski definition) is 3. The Morgan fingerprint density at radius 3 is 2.94 bits per heavy atom. The minimum atomic E-state index is 0.215. The highest BCUT2D eigenvalue weighted by Crippen LogP contribution is 2.16. The standard InChI is InChI=1S/C12H24N2OS/c1-4-11(8-16-3)14-12(15)10-5-6-13-9(2)7-10/h9-11,13H,4-8H2,1-3H3,(H,14,15). The lowest BCUT2D eigenvalue weighted by atomic mass is 9.92. The molecule has 1 amide bonds. The van der Waals surface area contributed by atoms with Crippen LogP contribution in [0.4, 0.5) is 0 Å². The topological polar surface area (TPSA) is 41.1 Å². The summed E-state index contributed by atoms with van der Waals surface area (Å²) < 4.78 is 0. The molecule has 4 heteroatoms. The summed E-state index contributed by atoms with van der Waals surface area (Å²) in [5.41, 5.74) is 0. The predicted octanol–water partition coefficient (Wildman–Crippen LogP) is 1.63. The average Bonchev–Trinajstić information content (AvgIpc) is 2.28. The Kier molecular flexibility index (Phi) is 6.21. The third kappa shape index (κ3) is 4.34. The minimum Gasteiger partial charge on any atom is -0.352 e. The summed E-state index contributed by atoms with van der Waals surface area (Å²) in [5.74, 6) is 1.49. The molecule has 1 saturated heterocycles. The van der Waals surface area contributed by atoms with Gasteiger partial charge in [-0.1, -0.05) is 6.92 Å². The van der Waals surface area contributed by atoms with Crippen LogP contribution in [-0.2, 0) is 4.79 Å². The van der Waals surface area contributed by atoms with Gasteiger partial charge in [-0.15, -0.1) is 0 Å². The number of carbonyl (C=O) groups is 1. The van der Waals surface area contributed by atoms with Gasteiger partial charge in [0.15, 0.2) is 0 Å². The van der Waals surface area contributed by atoms with Crippen molar-refractivity contribution in [1.29, 1.82) is 0 Å². The van der Waals surface area contributed by atoms with Crippen LogP contribution in [0.15, 0.2) is 0 Å². The number of thioether (sulfide) groups is 1. The molecule has 3 unspecified atom stereocenters. The summed E-state index contributed by atoms with van der Waals surface area (Å²) in [4.78, 5) is 12.0. The fourth-order valence-electron chi connectivity index (χ4n) is 2.15. The zero-order valence-corrected chi connectivity index (χ0v) is 11.4. The molecule has 1 rings (SSSR count). The Morgan fingerprint density at radius 1 is 1.62 bits per heavy atom. The summed E-state index contributed by atoms with van der Waals surface area (Å²) in [5, 5.41) is 6.55. The van der Waals surface area contributed by atoms with E-state index in [1.807, 2.05) is 0 Å². The van der Waals surface area contributed by atoms with E-state index in [9.17, 15) is 4.79 Å². The summed E-state index contributed by atoms with van der Waals surface area (Å²) in [7, 11) is 0. The molecule has 0 radical (unpaired) electrons. The summed E-state index contributed by atoms with van der Waals surface area (Å²) >= 11 is 1.80. The molecule has 3 nitrogen and oxygen atoms in total. The monoisotopic (exact) mass is 244 g/mol. The maximum Gasteiger partial charge on any atom is 0.223 e. The maximum atomic E-state index is 12.0. The van der Waals surface area contributed by atoms with Crippen LogP contribution in [0.1, 0.15) is 33.1 Å². The lowest BCUT2D eigenvalue weighted by Crippen LogP contribution is -2.45. The van der Waals surface area contributed by atoms with E-state index < -0.39 is 0 Å². The number of hydrogen-bond donors (Lipinski definition) is 2. The van der Waals surface area contributed by atoms with E-state index in [4.69, 9.17) is 0 Å². The molecule has 0 bridgehead atoms. The predicted molar refractivity (Wildman–Crippen MR) is 70.8 cm³/mol. The smallest absolute Gasteiger partial charge is 0.223 e. The molecular formula is C12H24N2OS. The van der Waals surface area contributed by atoms with Crippen molar-refractivity contribution in [2.75, 3.05) is 18.6 Å². The Bertz CT molecular complexity index is 223. The second-order valence-corrected chi connectivity index (χ2v) is 5.56. The third-order valence-electron chi connectivity index (χ3n) is 3.20. The number of rotatable bonds is 5. The second-order valence-electron chi connectivity index (χ2n) is 4.65. The van der Waals surface area contributed by atoms with Crippen LogP contribution in [0.2, 0.25) is 0 Å². The van der Waals surface area contributed by atoms with Crippen LogP contribution in [0.25, 0.3) is 0 Å². The first-order valence-corrected chi connectivity index (χ1v) is 7.59. The molecule has 0 aromatic rings. The molecule has 0 aromatic heterocycles. The molecule has 16 heavy (non-hydrogen) atoms. The van der Waals surface area contributed by atoms with Gasteiger partial charge >= 0.3 is 0 Å². The quantitative estimate of drug-likeness (QED) is 0.772. The number of carbonyl (C=O) groups excluding carboxylic acids is 1. The molecule has 0 spiro atoms. The van der Waals surface area contributed by atoms with Gasteiger partial charge in [0.2, 0.25) is 5.91 Å². The van der Waals surface area contributed by atoms with Gasteiger partial charge in [-0.25, -0.2) is 0 Å². The highest BCUT2D eigenvalue weighted by atomic mass is 32.2. The van der Waals surface area contributed by atoms with Gasteiger partial charge in [0.1, 0.15) is 0 Å². The van der Waals surface area contributed by atoms with Gasteiger partial charge in [-0.2, -0.15) is 11.8 Å². The highest BCUT2D eigenvalue weighted by Gasteiger charge is 2.25. The van der Waals surface area contributed by atoms with Crippen molar-refractivity contribution in [1.82, 2.24) is 10.6 Å². The molecule has 2 N–H and O–H groups in total. The van der Waals surface area contributed by atoms with Crippen molar-refractivity contribution in [2.45, 2.75) is 45.2 Å². The Morgan fingerprint density at radius 2 is 2.38 bits per heavy atom. The molecule has 94 valence electrons. The van der Waals surface area contributed by atoms with E-state index in [1.54, 1.807) is 11.8 Å². The number of nitrogens with one attached hydrogen (secondary N) is 2. The maximum absolute atomic E-state index is 12.0. The molecule has 0 aliphatic carbocycles. The average molecular weight is 244 g/mol. The first-order valence-electron chi connectivity index (χ1n) is 6.20. The minimum absolute atomic E-state index is 0.215. The van der Waals surface area contributed by atoms with Gasteiger partial charge in [-0.05, 0) is 39.0 Å². The van der Waals surface area contributed by atoms with Crippen LogP contribution in [0.3, 0.4) is 0 Å². The van der Waals surface area contributed by atoms with Gasteiger partial charge in [0, 0.05) is 23.8 Å². The van der Waals surface area contributed by atoms with Gasteiger partial charge in [0.25, 0.3) is 0 Å². The van der Waals surface area contributed by atoms with Gasteiger partial charge in [0.05, 0.1) is 0 Å². The Labute approximate surface area is 103 Å². The van der Waals surface area contributed by atoms with E-state index in [2.05, 4.69) is 30.7 Å². The Balaban J connectivity index is 2.37. The van der Waals surface area contributed by atoms with Crippen molar-refractivity contribution >= 4 is 17.7 Å². The zero-order valence-electron chi connectivity index (χ0n) is 10.6. The van der Waals surface area contributed by atoms with E-state index in [0.717, 1.165) is 31.6 Å². The zero-order chi connectivity index (χ0) is 12.0. The number of amides is 1. The second kappa shape index (κ2) is 7.17. The lowest BCUT2D eigenvalue weighted by Gasteiger charge is -2.28. The largest absolute Gasteiger partial charge is 0.352 e. The molecular weight excluding hydrogens is 220 g/mol. The first-order chi connectivity index (χ1) is 7.67. The van der Waals surface area contributed by atoms with Crippen molar-refractivity contribution in [2.24, 2.45) is 5.92 Å². The fraction of sp³-hybridized carbons (Fsp3) is 0.917. The van der Waals surface area contributed by atoms with Crippen molar-refractivity contribution < 1.29 is 4.79 Å². The van der Waals surface area contributed by atoms with Crippen LogP contribution in [0.5, 0.6) is 0 Å².